The zero-order chi connectivity index (χ0) is 18.4. The molecule has 2 aromatic rings. The zero-order valence-corrected chi connectivity index (χ0v) is 14.9. The van der Waals surface area contributed by atoms with Crippen molar-refractivity contribution < 1.29 is 19.1 Å². The van der Waals surface area contributed by atoms with Crippen LogP contribution in [-0.2, 0) is 9.59 Å². The molecule has 0 atom stereocenters. The van der Waals surface area contributed by atoms with Crippen LogP contribution in [-0.4, -0.2) is 25.0 Å². The van der Waals surface area contributed by atoms with Crippen LogP contribution in [0.5, 0.6) is 11.5 Å². The molecular weight excluding hydrogens is 344 g/mol. The summed E-state index contributed by atoms with van der Waals surface area (Å²) in [6.45, 7) is 3.84. The quantitative estimate of drug-likeness (QED) is 0.795. The summed E-state index contributed by atoms with van der Waals surface area (Å²) in [5.41, 5.74) is 0.796. The highest BCUT2D eigenvalue weighted by atomic mass is 35.5. The van der Waals surface area contributed by atoms with Gasteiger partial charge in [0.1, 0.15) is 11.5 Å². The van der Waals surface area contributed by atoms with Gasteiger partial charge in [0.05, 0.1) is 18.9 Å². The lowest BCUT2D eigenvalue weighted by atomic mass is 10.2. The van der Waals surface area contributed by atoms with Crippen LogP contribution in [0.2, 0.25) is 5.02 Å². The Labute approximate surface area is 151 Å². The summed E-state index contributed by atoms with van der Waals surface area (Å²) in [7, 11) is 1.46. The number of anilines is 2. The number of ether oxygens (including phenoxy) is 2. The van der Waals surface area contributed by atoms with E-state index >= 15 is 0 Å². The fraction of sp³-hybridized carbons (Fsp3) is 0.222. The summed E-state index contributed by atoms with van der Waals surface area (Å²) >= 11 is 5.90. The molecule has 0 aliphatic heterocycles. The lowest BCUT2D eigenvalue weighted by Crippen LogP contribution is -2.29. The first kappa shape index (κ1) is 18.6. The highest BCUT2D eigenvalue weighted by Crippen LogP contribution is 2.27. The molecule has 0 bridgehead atoms. The van der Waals surface area contributed by atoms with E-state index in [0.717, 1.165) is 0 Å². The molecule has 0 fully saturated rings. The summed E-state index contributed by atoms with van der Waals surface area (Å²) < 4.78 is 10.6. The van der Waals surface area contributed by atoms with E-state index in [1.807, 2.05) is 13.8 Å². The number of amides is 2. The van der Waals surface area contributed by atoms with Crippen LogP contribution in [0.4, 0.5) is 11.4 Å². The van der Waals surface area contributed by atoms with Crippen LogP contribution in [0.15, 0.2) is 42.5 Å². The average molecular weight is 363 g/mol. The number of carbonyl (C=O) groups excluding carboxylic acids is 2. The molecule has 2 amide bonds. The van der Waals surface area contributed by atoms with E-state index in [1.165, 1.54) is 13.2 Å². The first-order valence-electron chi connectivity index (χ1n) is 7.61. The molecule has 132 valence electrons. The van der Waals surface area contributed by atoms with Gasteiger partial charge in [0.25, 0.3) is 0 Å². The third-order valence-corrected chi connectivity index (χ3v) is 3.34. The number of benzene rings is 2. The number of hydrogen-bond acceptors (Lipinski definition) is 4. The SMILES string of the molecule is COc1ccc(Cl)cc1NC(=O)C(=O)Nc1ccc(OC(C)C)cc1. The Morgan fingerprint density at radius 3 is 2.24 bits per heavy atom. The van der Waals surface area contributed by atoms with Gasteiger partial charge in [-0.3, -0.25) is 9.59 Å². The molecule has 0 aromatic heterocycles. The van der Waals surface area contributed by atoms with Gasteiger partial charge in [-0.15, -0.1) is 0 Å². The molecule has 7 heteroatoms. The summed E-state index contributed by atoms with van der Waals surface area (Å²) in [4.78, 5) is 24.1. The monoisotopic (exact) mass is 362 g/mol. The van der Waals surface area contributed by atoms with Gasteiger partial charge in [-0.1, -0.05) is 11.6 Å². The van der Waals surface area contributed by atoms with E-state index < -0.39 is 11.8 Å². The normalized spacial score (nSPS) is 10.3. The van der Waals surface area contributed by atoms with Crippen molar-refractivity contribution in [3.63, 3.8) is 0 Å². The van der Waals surface area contributed by atoms with Gasteiger partial charge in [0.15, 0.2) is 0 Å². The smallest absolute Gasteiger partial charge is 0.314 e. The Morgan fingerprint density at radius 1 is 1.00 bits per heavy atom. The lowest BCUT2D eigenvalue weighted by molar-refractivity contribution is -0.133. The van der Waals surface area contributed by atoms with E-state index in [0.29, 0.717) is 27.9 Å². The summed E-state index contributed by atoms with van der Waals surface area (Å²) in [6.07, 6.45) is 0.0545. The minimum absolute atomic E-state index is 0.0545. The Morgan fingerprint density at radius 2 is 1.64 bits per heavy atom. The Kier molecular flexibility index (Phi) is 6.25. The molecule has 0 aliphatic carbocycles. The second kappa shape index (κ2) is 8.39. The maximum Gasteiger partial charge on any atom is 0.314 e. The molecule has 2 N–H and O–H groups in total. The molecule has 0 saturated heterocycles. The van der Waals surface area contributed by atoms with Crippen LogP contribution in [0.25, 0.3) is 0 Å². The van der Waals surface area contributed by atoms with Crippen LogP contribution >= 0.6 is 11.6 Å². The summed E-state index contributed by atoms with van der Waals surface area (Å²) in [6, 6.07) is 11.5. The van der Waals surface area contributed by atoms with Crippen LogP contribution < -0.4 is 20.1 Å². The molecule has 2 aromatic carbocycles. The zero-order valence-electron chi connectivity index (χ0n) is 14.1. The van der Waals surface area contributed by atoms with Gasteiger partial charge in [0, 0.05) is 10.7 Å². The molecule has 0 aliphatic rings. The van der Waals surface area contributed by atoms with Crippen LogP contribution in [0, 0.1) is 0 Å². The molecule has 0 heterocycles. The number of methoxy groups -OCH3 is 1. The van der Waals surface area contributed by atoms with Gasteiger partial charge in [-0.05, 0) is 56.3 Å². The number of halogens is 1. The van der Waals surface area contributed by atoms with E-state index in [1.54, 1.807) is 36.4 Å². The van der Waals surface area contributed by atoms with Crippen molar-refractivity contribution in [3.05, 3.63) is 47.5 Å². The van der Waals surface area contributed by atoms with Crippen molar-refractivity contribution >= 4 is 34.8 Å². The van der Waals surface area contributed by atoms with E-state index in [9.17, 15) is 9.59 Å². The maximum atomic E-state index is 12.1. The minimum Gasteiger partial charge on any atom is -0.495 e. The Balaban J connectivity index is 2.01. The average Bonchev–Trinajstić information content (AvgIpc) is 2.56. The lowest BCUT2D eigenvalue weighted by Gasteiger charge is -2.12. The molecule has 0 saturated carbocycles. The van der Waals surface area contributed by atoms with Crippen LogP contribution in [0.1, 0.15) is 13.8 Å². The summed E-state index contributed by atoms with van der Waals surface area (Å²) in [5.74, 6) is -0.551. The van der Waals surface area contributed by atoms with Crippen molar-refractivity contribution in [2.24, 2.45) is 0 Å². The van der Waals surface area contributed by atoms with Gasteiger partial charge < -0.3 is 20.1 Å². The van der Waals surface area contributed by atoms with Gasteiger partial charge in [-0.25, -0.2) is 0 Å². The molecule has 0 spiro atoms. The third kappa shape index (κ3) is 5.39. The topological polar surface area (TPSA) is 76.7 Å². The van der Waals surface area contributed by atoms with Crippen molar-refractivity contribution in [2.45, 2.75) is 20.0 Å². The highest BCUT2D eigenvalue weighted by Gasteiger charge is 2.16. The van der Waals surface area contributed by atoms with Crippen molar-refractivity contribution in [2.75, 3.05) is 17.7 Å². The largest absolute Gasteiger partial charge is 0.495 e. The number of nitrogens with one attached hydrogen (secondary N) is 2. The molecule has 25 heavy (non-hydrogen) atoms. The predicted molar refractivity (Wildman–Crippen MR) is 97.5 cm³/mol. The van der Waals surface area contributed by atoms with E-state index in [4.69, 9.17) is 21.1 Å². The Bertz CT molecular complexity index is 760. The molecule has 2 rings (SSSR count). The van der Waals surface area contributed by atoms with Gasteiger partial charge >= 0.3 is 11.8 Å². The minimum atomic E-state index is -0.830. The highest BCUT2D eigenvalue weighted by molar-refractivity contribution is 6.44. The summed E-state index contributed by atoms with van der Waals surface area (Å²) in [5, 5.41) is 5.40. The maximum absolute atomic E-state index is 12.1. The van der Waals surface area contributed by atoms with Gasteiger partial charge in [0.2, 0.25) is 0 Å². The molecular formula is C18H19ClN2O4. The van der Waals surface area contributed by atoms with E-state index in [2.05, 4.69) is 10.6 Å². The fourth-order valence-corrected chi connectivity index (χ4v) is 2.21. The van der Waals surface area contributed by atoms with Crippen LogP contribution in [0.3, 0.4) is 0 Å². The van der Waals surface area contributed by atoms with Crippen molar-refractivity contribution in [1.82, 2.24) is 0 Å². The standard InChI is InChI=1S/C18H19ClN2O4/c1-11(2)25-14-7-5-13(6-8-14)20-17(22)18(23)21-15-10-12(19)4-9-16(15)24-3/h4-11H,1-3H3,(H,20,22)(H,21,23). The fourth-order valence-electron chi connectivity index (χ4n) is 2.03. The molecule has 0 unspecified atom stereocenters. The van der Waals surface area contributed by atoms with Gasteiger partial charge in [-0.2, -0.15) is 0 Å². The molecule has 0 radical (unpaired) electrons. The van der Waals surface area contributed by atoms with E-state index in [-0.39, 0.29) is 6.10 Å². The third-order valence-electron chi connectivity index (χ3n) is 3.10. The Hall–Kier alpha value is -2.73. The number of hydrogen-bond donors (Lipinski definition) is 2. The number of rotatable bonds is 5. The first-order valence-corrected chi connectivity index (χ1v) is 7.99. The first-order chi connectivity index (χ1) is 11.9. The predicted octanol–water partition coefficient (Wildman–Crippen LogP) is 3.71. The second-order valence-electron chi connectivity index (χ2n) is 5.44. The van der Waals surface area contributed by atoms with Crippen molar-refractivity contribution in [3.8, 4) is 11.5 Å². The molecule has 6 nitrogen and oxygen atoms in total. The number of carbonyl (C=O) groups is 2. The second-order valence-corrected chi connectivity index (χ2v) is 5.88. The van der Waals surface area contributed by atoms with Crippen molar-refractivity contribution in [1.29, 1.82) is 0 Å².